The van der Waals surface area contributed by atoms with Crippen LogP contribution in [0.2, 0.25) is 0 Å². The Bertz CT molecular complexity index is 1030. The van der Waals surface area contributed by atoms with Crippen molar-refractivity contribution in [2.45, 2.75) is 18.0 Å². The van der Waals surface area contributed by atoms with Crippen molar-refractivity contribution >= 4 is 30.4 Å². The molecule has 0 N–H and O–H groups in total. The first-order chi connectivity index (χ1) is 13.2. The van der Waals surface area contributed by atoms with Gasteiger partial charge >= 0.3 is 170 Å². The van der Waals surface area contributed by atoms with Gasteiger partial charge in [-0.2, -0.15) is 0 Å². The van der Waals surface area contributed by atoms with Crippen molar-refractivity contribution in [1.29, 1.82) is 0 Å². The van der Waals surface area contributed by atoms with Crippen LogP contribution in [-0.4, -0.2) is 8.42 Å². The van der Waals surface area contributed by atoms with Gasteiger partial charge in [0.2, 0.25) is 0 Å². The maximum absolute atomic E-state index is 12.9. The fraction of sp³-hybridized carbons (Fsp3) is 0.100. The third kappa shape index (κ3) is 4.92. The Hall–Kier alpha value is -1.91. The Morgan fingerprint density at radius 2 is 1.32 bits per heavy atom. The first-order valence-corrected chi connectivity index (χ1v) is 12.6. The zero-order chi connectivity index (χ0) is 20.4. The van der Waals surface area contributed by atoms with E-state index in [2.05, 4.69) is 0 Å². The number of rotatable bonds is 5. The van der Waals surface area contributed by atoms with Crippen molar-refractivity contribution in [1.82, 2.24) is 0 Å². The molecule has 3 nitrogen and oxygen atoms in total. The minimum absolute atomic E-state index is 0.0169. The summed E-state index contributed by atoms with van der Waals surface area (Å²) in [7, 11) is -4.06. The Balaban J connectivity index is 2.00. The third-order valence-electron chi connectivity index (χ3n) is 3.76. The van der Waals surface area contributed by atoms with E-state index in [9.17, 15) is 21.6 Å². The van der Waals surface area contributed by atoms with Crippen LogP contribution in [0.3, 0.4) is 0 Å². The molecule has 8 heteroatoms. The Kier molecular flexibility index (Phi) is 6.11. The Morgan fingerprint density at radius 3 is 1.86 bits per heavy atom. The molecule has 0 atom stereocenters. The third-order valence-corrected chi connectivity index (χ3v) is 11.1. The summed E-state index contributed by atoms with van der Waals surface area (Å²) in [6.45, 7) is 1.84. The van der Waals surface area contributed by atoms with Gasteiger partial charge in [-0.15, -0.1) is 0 Å². The van der Waals surface area contributed by atoms with E-state index < -0.39 is 42.1 Å². The summed E-state index contributed by atoms with van der Waals surface area (Å²) < 4.78 is 70.8. The predicted octanol–water partition coefficient (Wildman–Crippen LogP) is 5.88. The molecule has 0 saturated carbocycles. The summed E-state index contributed by atoms with van der Waals surface area (Å²) in [4.78, 5) is 0.0169. The second kappa shape index (κ2) is 8.22. The average Bonchev–Trinajstić information content (AvgIpc) is 2.67. The maximum atomic E-state index is 12.9. The van der Waals surface area contributed by atoms with Crippen molar-refractivity contribution in [3.05, 3.63) is 97.1 Å². The minimum atomic E-state index is -4.46. The van der Waals surface area contributed by atoms with Gasteiger partial charge in [-0.1, -0.05) is 0 Å². The van der Waals surface area contributed by atoms with Gasteiger partial charge in [-0.25, -0.2) is 0 Å². The molecular formula is C20H16F3IO3S. The van der Waals surface area contributed by atoms with Crippen LogP contribution in [-0.2, 0) is 18.8 Å². The number of halogens is 4. The molecule has 0 spiro atoms. The predicted molar refractivity (Wildman–Crippen MR) is 109 cm³/mol. The summed E-state index contributed by atoms with van der Waals surface area (Å²) in [5.41, 5.74) is 0.113. The average molecular weight is 520 g/mol. The molecule has 0 aliphatic carbocycles. The number of hydrogen-bond donors (Lipinski definition) is 0. The van der Waals surface area contributed by atoms with Gasteiger partial charge in [0.15, 0.2) is 0 Å². The Morgan fingerprint density at radius 1 is 0.786 bits per heavy atom. The molecule has 3 aromatic carbocycles. The fourth-order valence-corrected chi connectivity index (χ4v) is 9.25. The summed E-state index contributed by atoms with van der Waals surface area (Å²) >= 11 is -3.01. The molecule has 0 fully saturated rings. The van der Waals surface area contributed by atoms with Gasteiger partial charge in [0.05, 0.1) is 0 Å². The van der Waals surface area contributed by atoms with Gasteiger partial charge in [0.1, 0.15) is 0 Å². The monoisotopic (exact) mass is 520 g/mol. The number of aryl methyl sites for hydroxylation is 1. The van der Waals surface area contributed by atoms with Gasteiger partial charge in [-0.3, -0.25) is 0 Å². The van der Waals surface area contributed by atoms with Crippen molar-refractivity contribution in [3.8, 4) is 0 Å². The van der Waals surface area contributed by atoms with Crippen LogP contribution in [0.15, 0.2) is 83.8 Å². The quantitative estimate of drug-likeness (QED) is 0.395. The van der Waals surface area contributed by atoms with Crippen molar-refractivity contribution in [2.75, 3.05) is 0 Å². The topological polar surface area (TPSA) is 43.4 Å². The van der Waals surface area contributed by atoms with Crippen LogP contribution >= 0.6 is 20.2 Å². The van der Waals surface area contributed by atoms with Crippen LogP contribution in [0.1, 0.15) is 11.1 Å². The SMILES string of the molecule is Cc1ccc(S(=O)(=O)OI(c2ccccc2)c2ccc(C(F)(F)F)cc2)cc1. The first kappa shape index (κ1) is 20.8. The van der Waals surface area contributed by atoms with Gasteiger partial charge in [-0.05, 0) is 0 Å². The number of alkyl halides is 3. The van der Waals surface area contributed by atoms with Crippen LogP contribution in [0.25, 0.3) is 0 Å². The van der Waals surface area contributed by atoms with E-state index in [0.717, 1.165) is 17.7 Å². The molecule has 0 heterocycles. The molecule has 3 rings (SSSR count). The number of hydrogen-bond acceptors (Lipinski definition) is 3. The zero-order valence-electron chi connectivity index (χ0n) is 14.7. The van der Waals surface area contributed by atoms with Crippen LogP contribution in [0.4, 0.5) is 13.2 Å². The summed E-state index contributed by atoms with van der Waals surface area (Å²) in [6.07, 6.45) is -4.46. The molecule has 0 bridgehead atoms. The molecule has 0 aliphatic heterocycles. The molecule has 0 saturated heterocycles. The molecule has 0 radical (unpaired) electrons. The van der Waals surface area contributed by atoms with Crippen LogP contribution in [0, 0.1) is 14.1 Å². The molecule has 28 heavy (non-hydrogen) atoms. The number of benzene rings is 3. The second-order valence-electron chi connectivity index (χ2n) is 5.88. The summed E-state index contributed by atoms with van der Waals surface area (Å²) in [5.74, 6) is 0. The van der Waals surface area contributed by atoms with E-state index in [1.165, 1.54) is 24.3 Å². The first-order valence-electron chi connectivity index (χ1n) is 8.11. The zero-order valence-corrected chi connectivity index (χ0v) is 17.6. The van der Waals surface area contributed by atoms with E-state index >= 15 is 0 Å². The van der Waals surface area contributed by atoms with E-state index in [1.807, 2.05) is 6.92 Å². The fourth-order valence-electron chi connectivity index (χ4n) is 2.31. The van der Waals surface area contributed by atoms with Crippen molar-refractivity contribution in [2.24, 2.45) is 0 Å². The molecule has 0 amide bonds. The van der Waals surface area contributed by atoms with Crippen LogP contribution < -0.4 is 0 Å². The Labute approximate surface area is 169 Å². The normalized spacial score (nSPS) is 12.6. The summed E-state index contributed by atoms with van der Waals surface area (Å²) in [5, 5.41) is 0. The molecule has 0 aliphatic rings. The van der Waals surface area contributed by atoms with Gasteiger partial charge < -0.3 is 0 Å². The van der Waals surface area contributed by atoms with E-state index in [4.69, 9.17) is 2.51 Å². The van der Waals surface area contributed by atoms with E-state index in [-0.39, 0.29) is 4.90 Å². The van der Waals surface area contributed by atoms with Gasteiger partial charge in [0, 0.05) is 0 Å². The molecule has 0 unspecified atom stereocenters. The van der Waals surface area contributed by atoms with Crippen molar-refractivity contribution < 1.29 is 24.1 Å². The van der Waals surface area contributed by atoms with Crippen LogP contribution in [0.5, 0.6) is 0 Å². The molecule has 3 aromatic rings. The van der Waals surface area contributed by atoms with E-state index in [1.54, 1.807) is 42.5 Å². The summed E-state index contributed by atoms with van der Waals surface area (Å²) in [6, 6.07) is 19.4. The van der Waals surface area contributed by atoms with Crippen molar-refractivity contribution in [3.63, 3.8) is 0 Å². The molecular weight excluding hydrogens is 504 g/mol. The van der Waals surface area contributed by atoms with E-state index in [0.29, 0.717) is 7.14 Å². The van der Waals surface area contributed by atoms with Gasteiger partial charge in [0.25, 0.3) is 0 Å². The second-order valence-corrected chi connectivity index (χ2v) is 12.4. The molecule has 148 valence electrons. The molecule has 0 aromatic heterocycles. The standard InChI is InChI=1S/C20H16F3IO3S/c1-15-7-13-19(14-8-15)28(25,26)27-24(17-5-3-2-4-6-17)18-11-9-16(10-12-18)20(21,22)23/h2-14H,1H3.